The lowest BCUT2D eigenvalue weighted by atomic mass is 9.69. The lowest BCUT2D eigenvalue weighted by Gasteiger charge is -2.38. The van der Waals surface area contributed by atoms with Crippen LogP contribution < -0.4 is 5.73 Å². The van der Waals surface area contributed by atoms with Crippen molar-refractivity contribution in [1.82, 2.24) is 4.90 Å². The molecule has 4 rings (SSSR count). The van der Waals surface area contributed by atoms with Crippen LogP contribution in [0.5, 0.6) is 0 Å². The number of fused-ring (bicyclic) bond motifs is 1. The molecular weight excluding hydrogens is 240 g/mol. The molecule has 2 bridgehead atoms. The maximum Gasteiger partial charge on any atom is 0.410 e. The van der Waals surface area contributed by atoms with E-state index in [1.165, 1.54) is 0 Å². The van der Waals surface area contributed by atoms with Gasteiger partial charge in [0.1, 0.15) is 5.60 Å². The first kappa shape index (κ1) is 13.2. The zero-order valence-electron chi connectivity index (χ0n) is 12.6. The average Bonchev–Trinajstić information content (AvgIpc) is 2.69. The average molecular weight is 266 g/mol. The second kappa shape index (κ2) is 3.66. The first-order chi connectivity index (χ1) is 8.63. The minimum absolute atomic E-state index is 0.144. The van der Waals surface area contributed by atoms with Crippen LogP contribution in [0.4, 0.5) is 4.79 Å². The smallest absolute Gasteiger partial charge is 0.410 e. The summed E-state index contributed by atoms with van der Waals surface area (Å²) in [5, 5.41) is 0. The molecule has 2 N–H and O–H groups in total. The first-order valence-corrected chi connectivity index (χ1v) is 7.38. The summed E-state index contributed by atoms with van der Waals surface area (Å²) in [6.07, 6.45) is 0.998. The van der Waals surface area contributed by atoms with E-state index in [1.54, 1.807) is 0 Å². The second-order valence-electron chi connectivity index (χ2n) is 8.15. The van der Waals surface area contributed by atoms with Gasteiger partial charge < -0.3 is 15.4 Å². The molecule has 108 valence electrons. The molecule has 2 saturated carbocycles. The number of nitrogens with zero attached hydrogens (tertiary/aromatic N) is 1. The standard InChI is InChI=1S/C15H26N2O2/c1-14(2,3)19-13(18)17-7-8-6-9(17)10(8)11-12(16)15(11,4)5/h8-12H,6-7,16H2,1-5H3/t8-,9-,10?,11-,12-/m0/s1. The second-order valence-corrected chi connectivity index (χ2v) is 8.15. The third-order valence-corrected chi connectivity index (χ3v) is 5.40. The zero-order chi connectivity index (χ0) is 14.2. The van der Waals surface area contributed by atoms with E-state index in [2.05, 4.69) is 13.8 Å². The summed E-state index contributed by atoms with van der Waals surface area (Å²) in [5.41, 5.74) is 6.04. The number of ether oxygens (including phenoxy) is 1. The molecule has 2 aliphatic carbocycles. The van der Waals surface area contributed by atoms with Crippen LogP contribution in [0.3, 0.4) is 0 Å². The molecular formula is C15H26N2O2. The molecule has 2 saturated heterocycles. The van der Waals surface area contributed by atoms with Crippen molar-refractivity contribution in [2.75, 3.05) is 6.54 Å². The number of carbonyl (C=O) groups is 1. The largest absolute Gasteiger partial charge is 0.444 e. The fourth-order valence-electron chi connectivity index (χ4n) is 4.18. The topological polar surface area (TPSA) is 55.6 Å². The molecule has 4 heteroatoms. The Morgan fingerprint density at radius 1 is 1.37 bits per heavy atom. The lowest BCUT2D eigenvalue weighted by molar-refractivity contribution is 0.0179. The van der Waals surface area contributed by atoms with E-state index in [1.807, 2.05) is 25.7 Å². The quantitative estimate of drug-likeness (QED) is 0.792. The van der Waals surface area contributed by atoms with Gasteiger partial charge in [-0.25, -0.2) is 4.79 Å². The van der Waals surface area contributed by atoms with Crippen molar-refractivity contribution >= 4 is 6.09 Å². The van der Waals surface area contributed by atoms with Gasteiger partial charge in [-0.15, -0.1) is 0 Å². The lowest BCUT2D eigenvalue weighted by Crippen LogP contribution is -2.45. The van der Waals surface area contributed by atoms with Gasteiger partial charge in [-0.2, -0.15) is 0 Å². The highest BCUT2D eigenvalue weighted by Gasteiger charge is 2.68. The summed E-state index contributed by atoms with van der Waals surface area (Å²) >= 11 is 0. The molecule has 0 radical (unpaired) electrons. The number of rotatable bonds is 1. The summed E-state index contributed by atoms with van der Waals surface area (Å²) in [6.45, 7) is 11.1. The predicted molar refractivity (Wildman–Crippen MR) is 73.6 cm³/mol. The Kier molecular flexibility index (Phi) is 2.55. The number of hydrogen-bond donors (Lipinski definition) is 1. The van der Waals surface area contributed by atoms with Gasteiger partial charge in [0, 0.05) is 18.6 Å². The predicted octanol–water partition coefficient (Wildman–Crippen LogP) is 2.23. The van der Waals surface area contributed by atoms with E-state index in [9.17, 15) is 4.79 Å². The van der Waals surface area contributed by atoms with Crippen LogP contribution in [-0.2, 0) is 4.74 Å². The molecule has 0 aromatic carbocycles. The fourth-order valence-corrected chi connectivity index (χ4v) is 4.18. The highest BCUT2D eigenvalue weighted by atomic mass is 16.6. The molecule has 5 atom stereocenters. The maximum atomic E-state index is 12.2. The summed E-state index contributed by atoms with van der Waals surface area (Å²) in [5.74, 6) is 1.84. The number of hydrogen-bond acceptors (Lipinski definition) is 3. The van der Waals surface area contributed by atoms with Crippen LogP contribution >= 0.6 is 0 Å². The van der Waals surface area contributed by atoms with Crippen molar-refractivity contribution in [2.45, 2.75) is 58.7 Å². The van der Waals surface area contributed by atoms with Crippen molar-refractivity contribution in [2.24, 2.45) is 28.9 Å². The molecule has 1 amide bonds. The molecule has 0 aromatic rings. The van der Waals surface area contributed by atoms with E-state index < -0.39 is 5.60 Å². The normalized spacial score (nSPS) is 42.8. The Hall–Kier alpha value is -0.770. The first-order valence-electron chi connectivity index (χ1n) is 7.38. The highest BCUT2D eigenvalue weighted by molar-refractivity contribution is 5.70. The number of nitrogens with two attached hydrogens (primary N) is 1. The van der Waals surface area contributed by atoms with Crippen molar-refractivity contribution < 1.29 is 9.53 Å². The van der Waals surface area contributed by atoms with E-state index >= 15 is 0 Å². The van der Waals surface area contributed by atoms with E-state index in [0.29, 0.717) is 29.8 Å². The Morgan fingerprint density at radius 2 is 1.95 bits per heavy atom. The summed E-state index contributed by atoms with van der Waals surface area (Å²) in [4.78, 5) is 14.1. The molecule has 2 aliphatic heterocycles. The molecule has 2 heterocycles. The van der Waals surface area contributed by atoms with Gasteiger partial charge in [-0.3, -0.25) is 0 Å². The van der Waals surface area contributed by atoms with Crippen LogP contribution in [0.1, 0.15) is 41.0 Å². The summed E-state index contributed by atoms with van der Waals surface area (Å²) in [7, 11) is 0. The van der Waals surface area contributed by atoms with Gasteiger partial charge >= 0.3 is 6.09 Å². The van der Waals surface area contributed by atoms with Crippen molar-refractivity contribution in [3.63, 3.8) is 0 Å². The molecule has 4 nitrogen and oxygen atoms in total. The van der Waals surface area contributed by atoms with Crippen molar-refractivity contribution in [3.05, 3.63) is 0 Å². The molecule has 0 aromatic heterocycles. The Morgan fingerprint density at radius 3 is 2.42 bits per heavy atom. The monoisotopic (exact) mass is 266 g/mol. The SMILES string of the molecule is CC(C)(C)OC(=O)N1C[C@@H]2C[C@H]1C2[C@H]1[C@H](N)C1(C)C. The Labute approximate surface area is 115 Å². The van der Waals surface area contributed by atoms with Crippen LogP contribution in [-0.4, -0.2) is 35.2 Å². The molecule has 19 heavy (non-hydrogen) atoms. The molecule has 4 aliphatic rings. The molecule has 0 spiro atoms. The maximum absolute atomic E-state index is 12.2. The summed E-state index contributed by atoms with van der Waals surface area (Å²) < 4.78 is 5.50. The minimum atomic E-state index is -0.408. The fraction of sp³-hybridized carbons (Fsp3) is 0.933. The Balaban J connectivity index is 1.66. The van der Waals surface area contributed by atoms with Crippen LogP contribution in [0.25, 0.3) is 0 Å². The Bertz CT molecular complexity index is 413. The third kappa shape index (κ3) is 1.87. The molecule has 4 fully saturated rings. The van der Waals surface area contributed by atoms with Crippen LogP contribution in [0, 0.1) is 23.2 Å². The van der Waals surface area contributed by atoms with Crippen LogP contribution in [0.2, 0.25) is 0 Å². The van der Waals surface area contributed by atoms with E-state index in [-0.39, 0.29) is 11.5 Å². The van der Waals surface area contributed by atoms with Gasteiger partial charge in [-0.05, 0) is 50.4 Å². The van der Waals surface area contributed by atoms with E-state index in [4.69, 9.17) is 10.5 Å². The third-order valence-electron chi connectivity index (χ3n) is 5.40. The van der Waals surface area contributed by atoms with Crippen molar-refractivity contribution in [3.8, 4) is 0 Å². The van der Waals surface area contributed by atoms with Crippen molar-refractivity contribution in [1.29, 1.82) is 0 Å². The van der Waals surface area contributed by atoms with Gasteiger partial charge in [0.2, 0.25) is 0 Å². The van der Waals surface area contributed by atoms with E-state index in [0.717, 1.165) is 13.0 Å². The zero-order valence-corrected chi connectivity index (χ0v) is 12.6. The number of carbonyl (C=O) groups excluding carboxylic acids is 1. The number of amides is 1. The van der Waals surface area contributed by atoms with Gasteiger partial charge in [-0.1, -0.05) is 13.8 Å². The van der Waals surface area contributed by atoms with Gasteiger partial charge in [0.15, 0.2) is 0 Å². The van der Waals surface area contributed by atoms with Gasteiger partial charge in [0.05, 0.1) is 0 Å². The molecule has 1 unspecified atom stereocenters. The highest BCUT2D eigenvalue weighted by Crippen LogP contribution is 2.64. The van der Waals surface area contributed by atoms with Gasteiger partial charge in [0.25, 0.3) is 0 Å². The minimum Gasteiger partial charge on any atom is -0.444 e. The summed E-state index contributed by atoms with van der Waals surface area (Å²) in [6, 6.07) is 0.680. The van der Waals surface area contributed by atoms with Crippen LogP contribution in [0.15, 0.2) is 0 Å².